The molecular formula is C8H7N3O2. The summed E-state index contributed by atoms with van der Waals surface area (Å²) in [6.45, 7) is 0. The van der Waals surface area contributed by atoms with Crippen molar-refractivity contribution in [1.29, 1.82) is 0 Å². The van der Waals surface area contributed by atoms with Gasteiger partial charge in [-0.2, -0.15) is 0 Å². The average molecular weight is 177 g/mol. The van der Waals surface area contributed by atoms with Crippen LogP contribution in [0.5, 0.6) is 5.75 Å². The van der Waals surface area contributed by atoms with Crippen LogP contribution in [0.15, 0.2) is 29.3 Å². The Labute approximate surface area is 74.3 Å². The summed E-state index contributed by atoms with van der Waals surface area (Å²) in [5.41, 5.74) is 1.46. The highest BCUT2D eigenvalue weighted by molar-refractivity contribution is 5.57. The monoisotopic (exact) mass is 177 g/mol. The van der Waals surface area contributed by atoms with Crippen molar-refractivity contribution in [3.63, 3.8) is 0 Å². The van der Waals surface area contributed by atoms with E-state index in [0.717, 1.165) is 5.56 Å². The summed E-state index contributed by atoms with van der Waals surface area (Å²) in [5.74, 6) is 0.681. The minimum Gasteiger partial charge on any atom is -0.495 e. The van der Waals surface area contributed by atoms with Gasteiger partial charge in [-0.15, -0.1) is 0 Å². The van der Waals surface area contributed by atoms with Gasteiger partial charge in [-0.05, 0) is 11.2 Å². The number of hydrogen-bond donors (Lipinski definition) is 0. The smallest absolute Gasteiger partial charge is 0.137 e. The Morgan fingerprint density at radius 1 is 1.31 bits per heavy atom. The zero-order valence-corrected chi connectivity index (χ0v) is 6.97. The molecule has 0 N–H and O–H groups in total. The van der Waals surface area contributed by atoms with Gasteiger partial charge < -0.3 is 4.74 Å². The number of aromatic nitrogens is 3. The van der Waals surface area contributed by atoms with Gasteiger partial charge in [0.25, 0.3) is 0 Å². The Hall–Kier alpha value is -1.91. The van der Waals surface area contributed by atoms with Gasteiger partial charge in [-0.1, -0.05) is 5.16 Å². The quantitative estimate of drug-likeness (QED) is 0.688. The predicted octanol–water partition coefficient (Wildman–Crippen LogP) is 1.14. The fourth-order valence-corrected chi connectivity index (χ4v) is 0.962. The molecule has 2 rings (SSSR count). The van der Waals surface area contributed by atoms with E-state index in [1.165, 1.54) is 6.20 Å². The van der Waals surface area contributed by atoms with Crippen molar-refractivity contribution in [1.82, 2.24) is 15.3 Å². The molecule has 0 fully saturated rings. The number of methoxy groups -OCH3 is 1. The molecule has 0 unspecified atom stereocenters. The third-order valence-electron chi connectivity index (χ3n) is 1.61. The fourth-order valence-electron chi connectivity index (χ4n) is 0.962. The zero-order valence-electron chi connectivity index (χ0n) is 6.97. The van der Waals surface area contributed by atoms with Crippen LogP contribution in [-0.2, 0) is 0 Å². The molecule has 0 saturated carbocycles. The van der Waals surface area contributed by atoms with Crippen LogP contribution < -0.4 is 4.74 Å². The van der Waals surface area contributed by atoms with Crippen LogP contribution in [0.25, 0.3) is 11.3 Å². The van der Waals surface area contributed by atoms with E-state index in [-0.39, 0.29) is 0 Å². The molecule has 0 aliphatic rings. The molecule has 0 aromatic carbocycles. The summed E-state index contributed by atoms with van der Waals surface area (Å²) >= 11 is 0. The Bertz CT molecular complexity index is 386. The molecule has 2 aromatic rings. The normalized spacial score (nSPS) is 9.92. The lowest BCUT2D eigenvalue weighted by molar-refractivity contribution is 0.308. The highest BCUT2D eigenvalue weighted by atomic mass is 16.6. The molecule has 2 aromatic heterocycles. The second kappa shape index (κ2) is 3.22. The van der Waals surface area contributed by atoms with Gasteiger partial charge >= 0.3 is 0 Å². The van der Waals surface area contributed by atoms with Crippen LogP contribution in [0.4, 0.5) is 0 Å². The van der Waals surface area contributed by atoms with Crippen molar-refractivity contribution in [2.45, 2.75) is 0 Å². The Morgan fingerprint density at radius 3 is 2.92 bits per heavy atom. The lowest BCUT2D eigenvalue weighted by atomic mass is 10.2. The molecule has 5 nitrogen and oxygen atoms in total. The summed E-state index contributed by atoms with van der Waals surface area (Å²) in [7, 11) is 1.59. The van der Waals surface area contributed by atoms with Crippen molar-refractivity contribution in [2.75, 3.05) is 7.11 Å². The molecule has 66 valence electrons. The van der Waals surface area contributed by atoms with E-state index in [4.69, 9.17) is 4.74 Å². The van der Waals surface area contributed by atoms with Crippen LogP contribution in [0.1, 0.15) is 0 Å². The van der Waals surface area contributed by atoms with E-state index >= 15 is 0 Å². The van der Waals surface area contributed by atoms with E-state index < -0.39 is 0 Å². The van der Waals surface area contributed by atoms with E-state index in [1.54, 1.807) is 19.5 Å². The molecule has 0 atom stereocenters. The maximum atomic E-state index is 5.01. The van der Waals surface area contributed by atoms with Crippen molar-refractivity contribution in [3.8, 4) is 17.0 Å². The molecule has 0 aliphatic carbocycles. The van der Waals surface area contributed by atoms with Gasteiger partial charge in [-0.3, -0.25) is 4.98 Å². The Morgan fingerprint density at radius 2 is 2.23 bits per heavy atom. The second-order valence-corrected chi connectivity index (χ2v) is 2.41. The summed E-state index contributed by atoms with van der Waals surface area (Å²) in [4.78, 5) is 3.98. The molecule has 0 aliphatic heterocycles. The van der Waals surface area contributed by atoms with Gasteiger partial charge in [0.15, 0.2) is 0 Å². The van der Waals surface area contributed by atoms with Gasteiger partial charge in [-0.25, -0.2) is 4.63 Å². The minimum absolute atomic E-state index is 0.645. The van der Waals surface area contributed by atoms with E-state index in [2.05, 4.69) is 19.9 Å². The Balaban J connectivity index is 2.41. The molecule has 2 heterocycles. The summed E-state index contributed by atoms with van der Waals surface area (Å²) < 4.78 is 9.49. The van der Waals surface area contributed by atoms with Gasteiger partial charge in [0, 0.05) is 11.8 Å². The largest absolute Gasteiger partial charge is 0.495 e. The van der Waals surface area contributed by atoms with Crippen LogP contribution in [-0.4, -0.2) is 22.4 Å². The summed E-state index contributed by atoms with van der Waals surface area (Å²) in [6.07, 6.45) is 4.81. The number of hydrogen-bond acceptors (Lipinski definition) is 5. The van der Waals surface area contributed by atoms with Crippen LogP contribution in [0.3, 0.4) is 0 Å². The first-order valence-electron chi connectivity index (χ1n) is 3.67. The maximum absolute atomic E-state index is 5.01. The zero-order chi connectivity index (χ0) is 9.10. The molecule has 0 spiro atoms. The first-order valence-corrected chi connectivity index (χ1v) is 3.67. The molecular weight excluding hydrogens is 170 g/mol. The molecule has 0 amide bonds. The minimum atomic E-state index is 0.645. The van der Waals surface area contributed by atoms with Gasteiger partial charge in [0.1, 0.15) is 11.4 Å². The first-order chi connectivity index (χ1) is 6.40. The first kappa shape index (κ1) is 7.72. The predicted molar refractivity (Wildman–Crippen MR) is 44.1 cm³/mol. The van der Waals surface area contributed by atoms with E-state index in [1.807, 2.05) is 6.07 Å². The molecule has 0 saturated heterocycles. The average Bonchev–Trinajstić information content (AvgIpc) is 2.71. The topological polar surface area (TPSA) is 61.0 Å². The lowest BCUT2D eigenvalue weighted by Crippen LogP contribution is -1.85. The molecule has 0 bridgehead atoms. The van der Waals surface area contributed by atoms with Crippen molar-refractivity contribution >= 4 is 0 Å². The SMILES string of the molecule is COc1cncc(-c2cnon2)c1. The standard InChI is InChI=1S/C8H7N3O2/c1-12-7-2-6(3-9-4-7)8-5-10-13-11-8/h2-5H,1H3. The van der Waals surface area contributed by atoms with Crippen molar-refractivity contribution in [2.24, 2.45) is 0 Å². The highest BCUT2D eigenvalue weighted by Crippen LogP contribution is 2.19. The third kappa shape index (κ3) is 1.48. The van der Waals surface area contributed by atoms with E-state index in [9.17, 15) is 0 Å². The number of pyridine rings is 1. The van der Waals surface area contributed by atoms with E-state index in [0.29, 0.717) is 11.4 Å². The van der Waals surface area contributed by atoms with Gasteiger partial charge in [0.05, 0.1) is 19.5 Å². The number of ether oxygens (including phenoxy) is 1. The van der Waals surface area contributed by atoms with Crippen LogP contribution in [0, 0.1) is 0 Å². The second-order valence-electron chi connectivity index (χ2n) is 2.41. The Kier molecular flexibility index (Phi) is 1.91. The van der Waals surface area contributed by atoms with Crippen molar-refractivity contribution < 1.29 is 9.37 Å². The molecule has 13 heavy (non-hydrogen) atoms. The number of rotatable bonds is 2. The van der Waals surface area contributed by atoms with Crippen molar-refractivity contribution in [3.05, 3.63) is 24.7 Å². The summed E-state index contributed by atoms with van der Waals surface area (Å²) in [5, 5.41) is 7.18. The van der Waals surface area contributed by atoms with Crippen LogP contribution in [0.2, 0.25) is 0 Å². The van der Waals surface area contributed by atoms with Crippen LogP contribution >= 0.6 is 0 Å². The molecule has 5 heteroatoms. The molecule has 0 radical (unpaired) electrons. The highest BCUT2D eigenvalue weighted by Gasteiger charge is 2.03. The maximum Gasteiger partial charge on any atom is 0.137 e. The number of nitrogens with zero attached hydrogens (tertiary/aromatic N) is 3. The van der Waals surface area contributed by atoms with Gasteiger partial charge in [0.2, 0.25) is 0 Å². The summed E-state index contributed by atoms with van der Waals surface area (Å²) in [6, 6.07) is 1.81. The third-order valence-corrected chi connectivity index (χ3v) is 1.61. The lowest BCUT2D eigenvalue weighted by Gasteiger charge is -1.99. The fraction of sp³-hybridized carbons (Fsp3) is 0.125.